The Morgan fingerprint density at radius 1 is 1.00 bits per heavy atom. The topological polar surface area (TPSA) is 83.6 Å². The van der Waals surface area contributed by atoms with Crippen molar-refractivity contribution in [1.29, 1.82) is 0 Å². The molecular weight excluding hydrogens is 385 g/mol. The first kappa shape index (κ1) is 18.8. The van der Waals surface area contributed by atoms with Crippen LogP contribution in [0, 0.1) is 6.92 Å². The van der Waals surface area contributed by atoms with E-state index in [1.165, 1.54) is 12.4 Å². The molecule has 0 radical (unpaired) electrons. The summed E-state index contributed by atoms with van der Waals surface area (Å²) in [5, 5.41) is 11.2. The molecular formula is C19H15Cl2N5O. The van der Waals surface area contributed by atoms with Crippen LogP contribution < -0.4 is 5.32 Å². The normalized spacial score (nSPS) is 10.2. The molecule has 3 aromatic rings. The van der Waals surface area contributed by atoms with E-state index in [0.29, 0.717) is 32.8 Å². The Hall–Kier alpha value is -2.96. The third-order valence-electron chi connectivity index (χ3n) is 3.56. The molecule has 136 valence electrons. The summed E-state index contributed by atoms with van der Waals surface area (Å²) in [4.78, 5) is 20.0. The molecule has 6 nitrogen and oxygen atoms in total. The maximum absolute atomic E-state index is 12.5. The number of aromatic nitrogens is 4. The van der Waals surface area contributed by atoms with E-state index in [0.717, 1.165) is 5.69 Å². The van der Waals surface area contributed by atoms with Gasteiger partial charge in [-0.25, -0.2) is 4.98 Å². The number of aromatic amines is 1. The molecule has 0 atom stereocenters. The molecule has 2 heterocycles. The average molecular weight is 400 g/mol. The van der Waals surface area contributed by atoms with Gasteiger partial charge in [-0.1, -0.05) is 29.3 Å². The molecule has 8 heteroatoms. The number of nitrogens with one attached hydrogen (secondary N) is 2. The number of carbonyl (C=O) groups is 1. The van der Waals surface area contributed by atoms with Crippen molar-refractivity contribution in [2.75, 3.05) is 5.32 Å². The van der Waals surface area contributed by atoms with E-state index >= 15 is 0 Å². The van der Waals surface area contributed by atoms with Gasteiger partial charge < -0.3 is 10.3 Å². The number of hydrogen-bond donors (Lipinski definition) is 2. The lowest BCUT2D eigenvalue weighted by Gasteiger charge is -2.05. The molecule has 0 aliphatic heterocycles. The Morgan fingerprint density at radius 3 is 2.48 bits per heavy atom. The summed E-state index contributed by atoms with van der Waals surface area (Å²) in [7, 11) is 0. The highest BCUT2D eigenvalue weighted by Crippen LogP contribution is 2.31. The van der Waals surface area contributed by atoms with Gasteiger partial charge in [0.05, 0.1) is 15.6 Å². The molecule has 0 bridgehead atoms. The second-order valence-electron chi connectivity index (χ2n) is 5.55. The van der Waals surface area contributed by atoms with Crippen molar-refractivity contribution < 1.29 is 4.79 Å². The van der Waals surface area contributed by atoms with Crippen molar-refractivity contribution in [2.24, 2.45) is 0 Å². The maximum atomic E-state index is 12.5. The number of H-pyrrole nitrogens is 1. The lowest BCUT2D eigenvalue weighted by atomic mass is 10.2. The highest BCUT2D eigenvalue weighted by molar-refractivity contribution is 6.38. The number of hydrogen-bond acceptors (Lipinski definition) is 4. The zero-order chi connectivity index (χ0) is 19.2. The van der Waals surface area contributed by atoms with Gasteiger partial charge >= 0.3 is 0 Å². The van der Waals surface area contributed by atoms with E-state index < -0.39 is 0 Å². The number of aryl methyl sites for hydroxylation is 1. The van der Waals surface area contributed by atoms with E-state index in [9.17, 15) is 4.79 Å². The van der Waals surface area contributed by atoms with Crippen molar-refractivity contribution in [3.8, 4) is 11.4 Å². The number of amides is 1. The van der Waals surface area contributed by atoms with Gasteiger partial charge in [0.2, 0.25) is 0 Å². The first-order valence-electron chi connectivity index (χ1n) is 7.98. The molecule has 0 fully saturated rings. The van der Waals surface area contributed by atoms with Gasteiger partial charge in [0, 0.05) is 23.7 Å². The van der Waals surface area contributed by atoms with Crippen molar-refractivity contribution in [1.82, 2.24) is 20.2 Å². The van der Waals surface area contributed by atoms with Gasteiger partial charge in [0.25, 0.3) is 5.91 Å². The molecule has 0 unspecified atom stereocenters. The summed E-state index contributed by atoms with van der Waals surface area (Å²) >= 11 is 12.6. The SMILES string of the molecule is Cc1ccc(C(=O)Nc2cccnn2)ccnc(-c2c(Cl)cccc2Cl)[nH]1. The predicted molar refractivity (Wildman–Crippen MR) is 106 cm³/mol. The smallest absolute Gasteiger partial charge is 0.256 e. The number of anilines is 1. The molecule has 0 saturated heterocycles. The van der Waals surface area contributed by atoms with Gasteiger partial charge in [0.1, 0.15) is 5.82 Å². The Kier molecular flexibility index (Phi) is 6.01. The zero-order valence-electron chi connectivity index (χ0n) is 14.3. The van der Waals surface area contributed by atoms with Crippen LogP contribution >= 0.6 is 23.2 Å². The van der Waals surface area contributed by atoms with Gasteiger partial charge in [-0.2, -0.15) is 5.10 Å². The largest absolute Gasteiger partial charge is 0.343 e. The maximum Gasteiger partial charge on any atom is 0.256 e. The third-order valence-corrected chi connectivity index (χ3v) is 4.19. The number of nitrogens with zero attached hydrogens (tertiary/aromatic N) is 3. The van der Waals surface area contributed by atoms with E-state index in [-0.39, 0.29) is 5.91 Å². The fraction of sp³-hybridized carbons (Fsp3) is 0.0526. The first-order chi connectivity index (χ1) is 13.0. The molecule has 27 heavy (non-hydrogen) atoms. The van der Waals surface area contributed by atoms with Crippen molar-refractivity contribution >= 4 is 34.9 Å². The highest BCUT2D eigenvalue weighted by atomic mass is 35.5. The van der Waals surface area contributed by atoms with Gasteiger partial charge in [-0.15, -0.1) is 5.10 Å². The van der Waals surface area contributed by atoms with Crippen LogP contribution in [0.2, 0.25) is 10.0 Å². The second kappa shape index (κ2) is 8.62. The monoisotopic (exact) mass is 399 g/mol. The summed E-state index contributed by atoms with van der Waals surface area (Å²) in [6.07, 6.45) is 3.04. The fourth-order valence-corrected chi connectivity index (χ4v) is 2.86. The first-order valence-corrected chi connectivity index (χ1v) is 8.73. The summed E-state index contributed by atoms with van der Waals surface area (Å²) in [6.45, 7) is 1.85. The van der Waals surface area contributed by atoms with E-state index in [1.807, 2.05) is 6.92 Å². The van der Waals surface area contributed by atoms with Crippen LogP contribution in [0.25, 0.3) is 11.4 Å². The average Bonchev–Trinajstić information content (AvgIpc) is 2.73. The van der Waals surface area contributed by atoms with Crippen molar-refractivity contribution in [2.45, 2.75) is 6.92 Å². The summed E-state index contributed by atoms with van der Waals surface area (Å²) in [5.74, 6) is 0.521. The van der Waals surface area contributed by atoms with Crippen LogP contribution in [-0.2, 0) is 0 Å². The zero-order valence-corrected chi connectivity index (χ0v) is 15.8. The van der Waals surface area contributed by atoms with Crippen LogP contribution in [0.4, 0.5) is 5.82 Å². The van der Waals surface area contributed by atoms with Gasteiger partial charge in [-0.05, 0) is 49.4 Å². The van der Waals surface area contributed by atoms with E-state index in [2.05, 4.69) is 25.5 Å². The minimum absolute atomic E-state index is 0.328. The predicted octanol–water partition coefficient (Wildman–Crippen LogP) is 4.86. The molecule has 3 rings (SSSR count). The lowest BCUT2D eigenvalue weighted by molar-refractivity contribution is 0.102. The molecule has 1 amide bonds. The summed E-state index contributed by atoms with van der Waals surface area (Å²) in [6, 6.07) is 13.6. The molecule has 0 saturated carbocycles. The molecule has 0 aliphatic rings. The van der Waals surface area contributed by atoms with Crippen LogP contribution in [0.1, 0.15) is 16.1 Å². The Bertz CT molecular complexity index is 999. The van der Waals surface area contributed by atoms with Crippen molar-refractivity contribution in [3.63, 3.8) is 0 Å². The molecule has 2 N–H and O–H groups in total. The molecule has 0 spiro atoms. The van der Waals surface area contributed by atoms with Crippen LogP contribution in [-0.4, -0.2) is 26.1 Å². The minimum atomic E-state index is -0.328. The van der Waals surface area contributed by atoms with E-state index in [1.54, 1.807) is 48.5 Å². The Labute approximate surface area is 165 Å². The fourth-order valence-electron chi connectivity index (χ4n) is 2.28. The minimum Gasteiger partial charge on any atom is -0.343 e. The molecule has 2 aromatic heterocycles. The van der Waals surface area contributed by atoms with Gasteiger partial charge in [0.15, 0.2) is 5.82 Å². The van der Waals surface area contributed by atoms with E-state index in [4.69, 9.17) is 23.2 Å². The quantitative estimate of drug-likeness (QED) is 0.658. The highest BCUT2D eigenvalue weighted by Gasteiger charge is 2.10. The summed E-state index contributed by atoms with van der Waals surface area (Å²) < 4.78 is 0. The standard InChI is InChI=1S/C19H15Cl2N5O/c1-12-7-8-13(19(27)25-16-6-3-10-23-26-16)9-11-22-18(24-12)17-14(20)4-2-5-15(17)21/h2-11H,1H3,(H,22,24)(H,25,26,27). The Balaban J connectivity index is 2.01. The lowest BCUT2D eigenvalue weighted by Crippen LogP contribution is -2.12. The molecule has 1 aromatic carbocycles. The van der Waals surface area contributed by atoms with Gasteiger partial charge in [-0.3, -0.25) is 4.79 Å². The number of rotatable bonds is 3. The number of benzene rings is 1. The van der Waals surface area contributed by atoms with Crippen LogP contribution in [0.5, 0.6) is 0 Å². The summed E-state index contributed by atoms with van der Waals surface area (Å²) in [5.41, 5.74) is 1.75. The third kappa shape index (κ3) is 4.81. The number of halogens is 2. The Morgan fingerprint density at radius 2 is 1.78 bits per heavy atom. The van der Waals surface area contributed by atoms with Crippen LogP contribution in [0.15, 0.2) is 60.9 Å². The van der Waals surface area contributed by atoms with Crippen molar-refractivity contribution in [3.05, 3.63) is 82.2 Å². The van der Waals surface area contributed by atoms with Crippen LogP contribution in [0.3, 0.4) is 0 Å². The second-order valence-corrected chi connectivity index (χ2v) is 6.36. The molecule has 0 aliphatic carbocycles. The number of carbonyl (C=O) groups excluding carboxylic acids is 1.